The van der Waals surface area contributed by atoms with Crippen LogP contribution >= 0.6 is 0 Å². The van der Waals surface area contributed by atoms with Gasteiger partial charge in [-0.1, -0.05) is 13.3 Å². The average molecular weight is 228 g/mol. The van der Waals surface area contributed by atoms with Crippen molar-refractivity contribution in [2.24, 2.45) is 0 Å². The Bertz CT molecular complexity index is 523. The summed E-state index contributed by atoms with van der Waals surface area (Å²) in [6, 6.07) is 5.73. The number of nitrogen functional groups attached to an aromatic ring is 1. The van der Waals surface area contributed by atoms with Crippen LogP contribution < -0.4 is 5.73 Å². The zero-order chi connectivity index (χ0) is 12.3. The summed E-state index contributed by atoms with van der Waals surface area (Å²) in [5, 5.41) is 0. The molecule has 4 heteroatoms. The van der Waals surface area contributed by atoms with Crippen molar-refractivity contribution in [1.82, 2.24) is 15.0 Å². The van der Waals surface area contributed by atoms with Crippen LogP contribution in [0.2, 0.25) is 0 Å². The third kappa shape index (κ3) is 2.78. The van der Waals surface area contributed by atoms with Gasteiger partial charge in [-0.3, -0.25) is 4.98 Å². The highest BCUT2D eigenvalue weighted by molar-refractivity contribution is 5.52. The van der Waals surface area contributed by atoms with Crippen molar-refractivity contribution in [3.63, 3.8) is 0 Å². The molecule has 2 aromatic rings. The topological polar surface area (TPSA) is 64.7 Å². The molecule has 17 heavy (non-hydrogen) atoms. The lowest BCUT2D eigenvalue weighted by Crippen LogP contribution is -2.01. The minimum absolute atomic E-state index is 0.502. The van der Waals surface area contributed by atoms with Gasteiger partial charge in [-0.15, -0.1) is 0 Å². The Labute approximate surface area is 101 Å². The number of nitrogens with zero attached hydrogens (tertiary/aromatic N) is 3. The van der Waals surface area contributed by atoms with Gasteiger partial charge < -0.3 is 5.73 Å². The zero-order valence-electron chi connectivity index (χ0n) is 10.1. The number of aryl methyl sites for hydroxylation is 2. The summed E-state index contributed by atoms with van der Waals surface area (Å²) in [7, 11) is 0. The molecule has 0 aliphatic heterocycles. The first kappa shape index (κ1) is 11.5. The lowest BCUT2D eigenvalue weighted by Gasteiger charge is -2.05. The number of hydrogen-bond acceptors (Lipinski definition) is 4. The molecule has 0 amide bonds. The van der Waals surface area contributed by atoms with Gasteiger partial charge in [0, 0.05) is 18.0 Å². The molecule has 0 spiro atoms. The van der Waals surface area contributed by atoms with Gasteiger partial charge in [-0.25, -0.2) is 9.97 Å². The molecule has 4 nitrogen and oxygen atoms in total. The van der Waals surface area contributed by atoms with E-state index in [1.807, 2.05) is 25.1 Å². The van der Waals surface area contributed by atoms with Crippen LogP contribution in [0.5, 0.6) is 0 Å². The molecule has 0 saturated carbocycles. The fourth-order valence-electron chi connectivity index (χ4n) is 1.68. The van der Waals surface area contributed by atoms with Gasteiger partial charge in [-0.2, -0.15) is 0 Å². The van der Waals surface area contributed by atoms with Crippen molar-refractivity contribution in [1.29, 1.82) is 0 Å². The number of rotatable bonds is 3. The number of hydrogen-bond donors (Lipinski definition) is 1. The lowest BCUT2D eigenvalue weighted by molar-refractivity contribution is 0.875. The van der Waals surface area contributed by atoms with Gasteiger partial charge in [0.2, 0.25) is 0 Å². The van der Waals surface area contributed by atoms with Crippen LogP contribution in [0.1, 0.15) is 24.6 Å². The molecule has 0 bridgehead atoms. The third-order valence-corrected chi connectivity index (χ3v) is 2.45. The molecule has 88 valence electrons. The van der Waals surface area contributed by atoms with Crippen LogP contribution in [0.15, 0.2) is 24.4 Å². The molecule has 0 saturated heterocycles. The summed E-state index contributed by atoms with van der Waals surface area (Å²) >= 11 is 0. The van der Waals surface area contributed by atoms with Crippen LogP contribution in [-0.4, -0.2) is 15.0 Å². The second-order valence-electron chi connectivity index (χ2n) is 4.08. The predicted molar refractivity (Wildman–Crippen MR) is 68.4 cm³/mol. The highest BCUT2D eigenvalue weighted by Gasteiger charge is 2.06. The Kier molecular flexibility index (Phi) is 3.32. The molecule has 0 atom stereocenters. The number of aromatic nitrogens is 3. The Morgan fingerprint density at radius 1 is 1.24 bits per heavy atom. The maximum absolute atomic E-state index is 5.79. The quantitative estimate of drug-likeness (QED) is 0.876. The van der Waals surface area contributed by atoms with E-state index in [0.29, 0.717) is 11.6 Å². The Morgan fingerprint density at radius 3 is 2.76 bits per heavy atom. The smallest absolute Gasteiger partial charge is 0.180 e. The molecule has 2 aromatic heterocycles. The fraction of sp³-hybridized carbons (Fsp3) is 0.308. The van der Waals surface area contributed by atoms with Gasteiger partial charge in [0.1, 0.15) is 11.5 Å². The average Bonchev–Trinajstić information content (AvgIpc) is 2.28. The first-order chi connectivity index (χ1) is 8.19. The van der Waals surface area contributed by atoms with E-state index in [9.17, 15) is 0 Å². The largest absolute Gasteiger partial charge is 0.384 e. The lowest BCUT2D eigenvalue weighted by atomic mass is 10.2. The minimum Gasteiger partial charge on any atom is -0.384 e. The molecule has 2 heterocycles. The minimum atomic E-state index is 0.502. The standard InChI is InChI=1S/C13H16N4/c1-3-4-10-8-12(14)17-13(16-10)11-7-9(2)5-6-15-11/h5-8H,3-4H2,1-2H3,(H2,14,16,17). The van der Waals surface area contributed by atoms with Crippen molar-refractivity contribution in [2.75, 3.05) is 5.73 Å². The zero-order valence-corrected chi connectivity index (χ0v) is 10.1. The van der Waals surface area contributed by atoms with Crippen molar-refractivity contribution in [3.8, 4) is 11.5 Å². The number of nitrogens with two attached hydrogens (primary N) is 1. The van der Waals surface area contributed by atoms with Gasteiger partial charge in [0.25, 0.3) is 0 Å². The van der Waals surface area contributed by atoms with Crippen LogP contribution in [-0.2, 0) is 6.42 Å². The molecular formula is C13H16N4. The van der Waals surface area contributed by atoms with E-state index in [-0.39, 0.29) is 0 Å². The Morgan fingerprint density at radius 2 is 2.06 bits per heavy atom. The second-order valence-corrected chi connectivity index (χ2v) is 4.08. The molecule has 0 aliphatic rings. The first-order valence-corrected chi connectivity index (χ1v) is 5.75. The molecule has 2 rings (SSSR count). The highest BCUT2D eigenvalue weighted by atomic mass is 15.0. The van der Waals surface area contributed by atoms with Crippen molar-refractivity contribution >= 4 is 5.82 Å². The summed E-state index contributed by atoms with van der Waals surface area (Å²) in [5.74, 6) is 1.11. The van der Waals surface area contributed by atoms with E-state index in [1.54, 1.807) is 6.20 Å². The van der Waals surface area contributed by atoms with Crippen molar-refractivity contribution in [3.05, 3.63) is 35.7 Å². The highest BCUT2D eigenvalue weighted by Crippen LogP contribution is 2.16. The first-order valence-electron chi connectivity index (χ1n) is 5.75. The second kappa shape index (κ2) is 4.91. The number of pyridine rings is 1. The molecule has 0 radical (unpaired) electrons. The summed E-state index contributed by atoms with van der Waals surface area (Å²) in [6.45, 7) is 4.13. The van der Waals surface area contributed by atoms with E-state index in [2.05, 4.69) is 21.9 Å². The molecule has 0 aliphatic carbocycles. The Balaban J connectivity index is 2.44. The molecular weight excluding hydrogens is 212 g/mol. The fourth-order valence-corrected chi connectivity index (χ4v) is 1.68. The van der Waals surface area contributed by atoms with E-state index in [4.69, 9.17) is 5.73 Å². The number of anilines is 1. The van der Waals surface area contributed by atoms with Gasteiger partial charge in [0.15, 0.2) is 5.82 Å². The van der Waals surface area contributed by atoms with E-state index in [0.717, 1.165) is 29.8 Å². The van der Waals surface area contributed by atoms with Gasteiger partial charge in [0.05, 0.1) is 0 Å². The summed E-state index contributed by atoms with van der Waals surface area (Å²) in [4.78, 5) is 13.0. The molecule has 0 unspecified atom stereocenters. The third-order valence-electron chi connectivity index (χ3n) is 2.45. The maximum Gasteiger partial charge on any atom is 0.180 e. The predicted octanol–water partition coefficient (Wildman–Crippen LogP) is 2.38. The van der Waals surface area contributed by atoms with E-state index >= 15 is 0 Å². The summed E-state index contributed by atoms with van der Waals surface area (Å²) in [5.41, 5.74) is 8.67. The van der Waals surface area contributed by atoms with Gasteiger partial charge >= 0.3 is 0 Å². The molecule has 0 fully saturated rings. The van der Waals surface area contributed by atoms with Gasteiger partial charge in [-0.05, 0) is 31.0 Å². The van der Waals surface area contributed by atoms with Crippen LogP contribution in [0, 0.1) is 6.92 Å². The SMILES string of the molecule is CCCc1cc(N)nc(-c2cc(C)ccn2)n1. The summed E-state index contributed by atoms with van der Waals surface area (Å²) in [6.07, 6.45) is 3.71. The monoisotopic (exact) mass is 228 g/mol. The maximum atomic E-state index is 5.79. The van der Waals surface area contributed by atoms with Crippen molar-refractivity contribution in [2.45, 2.75) is 26.7 Å². The van der Waals surface area contributed by atoms with Crippen molar-refractivity contribution < 1.29 is 0 Å². The normalized spacial score (nSPS) is 10.5. The van der Waals surface area contributed by atoms with Crippen LogP contribution in [0.25, 0.3) is 11.5 Å². The summed E-state index contributed by atoms with van der Waals surface area (Å²) < 4.78 is 0. The van der Waals surface area contributed by atoms with Crippen LogP contribution in [0.4, 0.5) is 5.82 Å². The Hall–Kier alpha value is -1.97. The van der Waals surface area contributed by atoms with E-state index < -0.39 is 0 Å². The van der Waals surface area contributed by atoms with Crippen LogP contribution in [0.3, 0.4) is 0 Å². The molecule has 0 aromatic carbocycles. The molecule has 2 N–H and O–H groups in total. The van der Waals surface area contributed by atoms with E-state index in [1.165, 1.54) is 0 Å².